The van der Waals surface area contributed by atoms with E-state index in [-0.39, 0.29) is 5.78 Å². The van der Waals surface area contributed by atoms with Gasteiger partial charge in [-0.3, -0.25) is 4.79 Å². The maximum atomic E-state index is 11.0. The first-order chi connectivity index (χ1) is 5.75. The molecule has 1 aromatic carbocycles. The maximum Gasteiger partial charge on any atom is 0.161 e. The van der Waals surface area contributed by atoms with Crippen molar-refractivity contribution in [1.29, 1.82) is 0 Å². The van der Waals surface area contributed by atoms with Crippen molar-refractivity contribution in [3.8, 4) is 0 Å². The van der Waals surface area contributed by atoms with Gasteiger partial charge in [0, 0.05) is 5.56 Å². The van der Waals surface area contributed by atoms with Gasteiger partial charge >= 0.3 is 0 Å². The molecule has 0 bridgehead atoms. The first-order valence-electron chi connectivity index (χ1n) is 3.58. The Morgan fingerprint density at radius 2 is 2.17 bits per heavy atom. The predicted octanol–water partition coefficient (Wildman–Crippen LogP) is 2.38. The summed E-state index contributed by atoms with van der Waals surface area (Å²) in [4.78, 5) is 14.9. The number of hydrogen-bond donors (Lipinski definition) is 0. The molecule has 0 amide bonds. The standard InChI is InChI=1S/C10H9NO/c1-3-11-10-7-5-4-6-9(10)8(2)12/h4-7H,1H2,2H3. The van der Waals surface area contributed by atoms with Crippen LogP contribution in [0, 0.1) is 0 Å². The summed E-state index contributed by atoms with van der Waals surface area (Å²) in [6.45, 7) is 4.86. The zero-order valence-corrected chi connectivity index (χ0v) is 6.87. The average Bonchev–Trinajstić information content (AvgIpc) is 2.05. The molecule has 0 aliphatic heterocycles. The van der Waals surface area contributed by atoms with E-state index in [0.717, 1.165) is 0 Å². The molecule has 0 atom stereocenters. The number of para-hydroxylation sites is 1. The van der Waals surface area contributed by atoms with E-state index in [4.69, 9.17) is 0 Å². The smallest absolute Gasteiger partial charge is 0.161 e. The zero-order valence-electron chi connectivity index (χ0n) is 6.87. The Labute approximate surface area is 71.3 Å². The molecule has 0 spiro atoms. The minimum atomic E-state index is 0.00426. The van der Waals surface area contributed by atoms with Gasteiger partial charge in [-0.05, 0) is 31.5 Å². The Bertz CT molecular complexity index is 328. The van der Waals surface area contributed by atoms with Crippen LogP contribution in [0.3, 0.4) is 0 Å². The van der Waals surface area contributed by atoms with E-state index < -0.39 is 0 Å². The van der Waals surface area contributed by atoms with Gasteiger partial charge in [0.1, 0.15) is 0 Å². The molecular formula is C10H9NO. The molecule has 0 aromatic heterocycles. The summed E-state index contributed by atoms with van der Waals surface area (Å²) in [6, 6.07) is 7.12. The summed E-state index contributed by atoms with van der Waals surface area (Å²) in [7, 11) is 0. The lowest BCUT2D eigenvalue weighted by Gasteiger charge is -1.97. The summed E-state index contributed by atoms with van der Waals surface area (Å²) in [5, 5.41) is 0. The topological polar surface area (TPSA) is 29.4 Å². The lowest BCUT2D eigenvalue weighted by molar-refractivity contribution is 0.101. The molecule has 0 aliphatic rings. The van der Waals surface area contributed by atoms with E-state index in [1.165, 1.54) is 6.92 Å². The van der Waals surface area contributed by atoms with Gasteiger partial charge in [0.05, 0.1) is 5.69 Å². The van der Waals surface area contributed by atoms with E-state index in [1.54, 1.807) is 18.2 Å². The number of benzene rings is 1. The van der Waals surface area contributed by atoms with Crippen molar-refractivity contribution in [2.75, 3.05) is 0 Å². The number of hydrogen-bond acceptors (Lipinski definition) is 2. The second-order valence-corrected chi connectivity index (χ2v) is 2.34. The van der Waals surface area contributed by atoms with Crippen LogP contribution in [0.5, 0.6) is 0 Å². The second-order valence-electron chi connectivity index (χ2n) is 2.34. The highest BCUT2D eigenvalue weighted by atomic mass is 16.1. The van der Waals surface area contributed by atoms with Crippen LogP contribution in [-0.2, 0) is 0 Å². The monoisotopic (exact) mass is 159 g/mol. The molecule has 12 heavy (non-hydrogen) atoms. The normalized spacial score (nSPS) is 8.75. The van der Waals surface area contributed by atoms with Gasteiger partial charge in [-0.1, -0.05) is 12.1 Å². The Hall–Kier alpha value is -1.66. The van der Waals surface area contributed by atoms with E-state index in [0.29, 0.717) is 11.3 Å². The van der Waals surface area contributed by atoms with Crippen molar-refractivity contribution in [2.24, 2.45) is 4.99 Å². The Balaban J connectivity index is 3.26. The molecule has 0 aliphatic carbocycles. The molecule has 0 saturated carbocycles. The first kappa shape index (κ1) is 8.44. The Kier molecular flexibility index (Phi) is 2.57. The highest BCUT2D eigenvalue weighted by Crippen LogP contribution is 2.17. The lowest BCUT2D eigenvalue weighted by atomic mass is 10.1. The fourth-order valence-corrected chi connectivity index (χ4v) is 0.954. The van der Waals surface area contributed by atoms with Crippen LogP contribution in [0.2, 0.25) is 0 Å². The maximum absolute atomic E-state index is 11.0. The molecule has 1 aromatic rings. The number of ketones is 1. The van der Waals surface area contributed by atoms with Gasteiger partial charge in [-0.25, -0.2) is 4.99 Å². The SMILES string of the molecule is C=C=Nc1ccccc1C(C)=O. The van der Waals surface area contributed by atoms with Crippen LogP contribution in [0.1, 0.15) is 17.3 Å². The highest BCUT2D eigenvalue weighted by Gasteiger charge is 2.03. The fraction of sp³-hybridized carbons (Fsp3) is 0.100. The molecule has 2 nitrogen and oxygen atoms in total. The molecular weight excluding hydrogens is 150 g/mol. The van der Waals surface area contributed by atoms with Crippen molar-refractivity contribution in [1.82, 2.24) is 0 Å². The number of carbonyl (C=O) groups is 1. The van der Waals surface area contributed by atoms with Crippen LogP contribution in [0.4, 0.5) is 5.69 Å². The van der Waals surface area contributed by atoms with Crippen LogP contribution >= 0.6 is 0 Å². The largest absolute Gasteiger partial charge is 0.294 e. The van der Waals surface area contributed by atoms with E-state index in [9.17, 15) is 4.79 Å². The molecule has 0 N–H and O–H groups in total. The summed E-state index contributed by atoms with van der Waals surface area (Å²) < 4.78 is 0. The number of aliphatic imine (C=N–C) groups is 1. The van der Waals surface area contributed by atoms with E-state index in [2.05, 4.69) is 17.4 Å². The van der Waals surface area contributed by atoms with Crippen molar-refractivity contribution in [2.45, 2.75) is 6.92 Å². The third kappa shape index (κ3) is 1.68. The number of nitrogens with zero attached hydrogens (tertiary/aromatic N) is 1. The first-order valence-corrected chi connectivity index (χ1v) is 3.58. The summed E-state index contributed by atoms with van der Waals surface area (Å²) in [5.41, 5.74) is 1.23. The Morgan fingerprint density at radius 3 is 2.75 bits per heavy atom. The van der Waals surface area contributed by atoms with Gasteiger partial charge in [0.25, 0.3) is 0 Å². The van der Waals surface area contributed by atoms with Crippen molar-refractivity contribution < 1.29 is 4.79 Å². The van der Waals surface area contributed by atoms with Crippen LogP contribution < -0.4 is 0 Å². The molecule has 0 radical (unpaired) electrons. The highest BCUT2D eigenvalue weighted by molar-refractivity contribution is 5.99. The Morgan fingerprint density at radius 1 is 1.50 bits per heavy atom. The van der Waals surface area contributed by atoms with Crippen molar-refractivity contribution in [3.05, 3.63) is 36.4 Å². The van der Waals surface area contributed by atoms with Crippen LogP contribution in [0.15, 0.2) is 35.8 Å². The van der Waals surface area contributed by atoms with Gasteiger partial charge in [-0.15, -0.1) is 0 Å². The molecule has 60 valence electrons. The zero-order chi connectivity index (χ0) is 8.97. The summed E-state index contributed by atoms with van der Waals surface area (Å²) in [5.74, 6) is 2.41. The van der Waals surface area contributed by atoms with Gasteiger partial charge in [-0.2, -0.15) is 0 Å². The molecule has 0 saturated heterocycles. The molecule has 0 heterocycles. The molecule has 1 rings (SSSR count). The second kappa shape index (κ2) is 3.65. The lowest BCUT2D eigenvalue weighted by Crippen LogP contribution is -1.91. The van der Waals surface area contributed by atoms with Crippen molar-refractivity contribution in [3.63, 3.8) is 0 Å². The summed E-state index contributed by atoms with van der Waals surface area (Å²) in [6.07, 6.45) is 0. The van der Waals surface area contributed by atoms with Gasteiger partial charge in [0.15, 0.2) is 5.78 Å². The van der Waals surface area contributed by atoms with E-state index in [1.807, 2.05) is 6.07 Å². The van der Waals surface area contributed by atoms with Crippen molar-refractivity contribution >= 4 is 17.3 Å². The number of Topliss-reactive ketones (excluding diaryl/α,β-unsaturated/α-hetero) is 1. The van der Waals surface area contributed by atoms with Crippen LogP contribution in [0.25, 0.3) is 0 Å². The third-order valence-corrected chi connectivity index (χ3v) is 1.48. The average molecular weight is 159 g/mol. The van der Waals surface area contributed by atoms with E-state index >= 15 is 0 Å². The number of carbonyl (C=O) groups excluding carboxylic acids is 1. The third-order valence-electron chi connectivity index (χ3n) is 1.48. The van der Waals surface area contributed by atoms with Crippen LogP contribution in [-0.4, -0.2) is 11.7 Å². The quantitative estimate of drug-likeness (QED) is 0.481. The number of rotatable bonds is 2. The summed E-state index contributed by atoms with van der Waals surface area (Å²) >= 11 is 0. The molecule has 0 fully saturated rings. The fourth-order valence-electron chi connectivity index (χ4n) is 0.954. The molecule has 2 heteroatoms. The van der Waals surface area contributed by atoms with Gasteiger partial charge in [0.2, 0.25) is 0 Å². The predicted molar refractivity (Wildman–Crippen MR) is 49.2 cm³/mol. The minimum Gasteiger partial charge on any atom is -0.294 e. The molecule has 0 unspecified atom stereocenters. The van der Waals surface area contributed by atoms with Gasteiger partial charge < -0.3 is 0 Å². The minimum absolute atomic E-state index is 0.00426.